The van der Waals surface area contributed by atoms with Crippen LogP contribution in [0.2, 0.25) is 0 Å². The zero-order valence-electron chi connectivity index (χ0n) is 19.2. The number of allylic oxidation sites excluding steroid dienone is 3. The lowest BCUT2D eigenvalue weighted by atomic mass is 10.1. The third-order valence-corrected chi connectivity index (χ3v) is 4.62. The van der Waals surface area contributed by atoms with Crippen LogP contribution in [0, 0.1) is 20.8 Å². The molecular weight excluding hydrogens is 417 g/mol. The SMILES string of the molecule is C=C(/C=C\C(=C/C)OC(F)(F)F)SC.CCc1ccc(C)cc1.Cc1ccc(C)cc1. The molecule has 0 heterocycles. The van der Waals surface area contributed by atoms with Crippen molar-refractivity contribution in [1.82, 2.24) is 0 Å². The maximum atomic E-state index is 11.8. The summed E-state index contributed by atoms with van der Waals surface area (Å²) >= 11 is 1.35. The van der Waals surface area contributed by atoms with Gasteiger partial charge in [-0.15, -0.1) is 24.9 Å². The molecule has 5 heteroatoms. The monoisotopic (exact) mass is 450 g/mol. The molecule has 31 heavy (non-hydrogen) atoms. The molecule has 0 amide bonds. The lowest BCUT2D eigenvalue weighted by Gasteiger charge is -2.08. The van der Waals surface area contributed by atoms with Gasteiger partial charge in [-0.05, 0) is 69.1 Å². The third kappa shape index (κ3) is 16.0. The Bertz CT molecular complexity index is 796. The number of rotatable bonds is 5. The summed E-state index contributed by atoms with van der Waals surface area (Å²) in [5, 5.41) is 0. The number of hydrogen-bond acceptors (Lipinski definition) is 2. The summed E-state index contributed by atoms with van der Waals surface area (Å²) in [6.07, 6.45) is 2.20. The molecule has 0 spiro atoms. The second-order valence-corrected chi connectivity index (χ2v) is 7.67. The number of halogens is 3. The molecule has 2 rings (SSSR count). The van der Waals surface area contributed by atoms with Crippen LogP contribution in [0.5, 0.6) is 0 Å². The Morgan fingerprint density at radius 1 is 0.903 bits per heavy atom. The van der Waals surface area contributed by atoms with E-state index in [1.54, 1.807) is 6.26 Å². The first-order valence-corrected chi connectivity index (χ1v) is 11.1. The molecule has 0 bridgehead atoms. The van der Waals surface area contributed by atoms with Crippen LogP contribution in [0.4, 0.5) is 13.2 Å². The van der Waals surface area contributed by atoms with Crippen molar-refractivity contribution in [2.24, 2.45) is 0 Å². The minimum Gasteiger partial charge on any atom is -0.406 e. The molecule has 0 aromatic heterocycles. The fourth-order valence-corrected chi connectivity index (χ4v) is 2.23. The van der Waals surface area contributed by atoms with Crippen LogP contribution in [0.15, 0.2) is 84.0 Å². The van der Waals surface area contributed by atoms with Crippen molar-refractivity contribution in [3.05, 3.63) is 106 Å². The van der Waals surface area contributed by atoms with Crippen molar-refractivity contribution in [3.8, 4) is 0 Å². The second kappa shape index (κ2) is 15.4. The Morgan fingerprint density at radius 2 is 1.32 bits per heavy atom. The zero-order chi connectivity index (χ0) is 23.9. The van der Waals surface area contributed by atoms with Gasteiger partial charge in [0.05, 0.1) is 0 Å². The number of thioether (sulfide) groups is 1. The minimum atomic E-state index is -4.65. The van der Waals surface area contributed by atoms with Crippen molar-refractivity contribution in [2.75, 3.05) is 6.26 Å². The van der Waals surface area contributed by atoms with Crippen LogP contribution in [0.25, 0.3) is 0 Å². The van der Waals surface area contributed by atoms with Crippen molar-refractivity contribution >= 4 is 11.8 Å². The van der Waals surface area contributed by atoms with Crippen molar-refractivity contribution in [2.45, 2.75) is 47.4 Å². The quantitative estimate of drug-likeness (QED) is 0.333. The number of hydrogen-bond donors (Lipinski definition) is 0. The molecule has 0 aliphatic carbocycles. The molecule has 0 saturated heterocycles. The van der Waals surface area contributed by atoms with Gasteiger partial charge in [-0.25, -0.2) is 0 Å². The number of alkyl halides is 3. The maximum Gasteiger partial charge on any atom is 0.573 e. The lowest BCUT2D eigenvalue weighted by Crippen LogP contribution is -2.11. The van der Waals surface area contributed by atoms with Crippen molar-refractivity contribution < 1.29 is 17.9 Å². The second-order valence-electron chi connectivity index (χ2n) is 6.74. The lowest BCUT2D eigenvalue weighted by molar-refractivity contribution is -0.303. The summed E-state index contributed by atoms with van der Waals surface area (Å²) in [4.78, 5) is 0.662. The van der Waals surface area contributed by atoms with E-state index in [2.05, 4.69) is 87.5 Å². The minimum absolute atomic E-state index is 0.243. The highest BCUT2D eigenvalue weighted by Crippen LogP contribution is 2.22. The molecule has 0 aliphatic heterocycles. The standard InChI is InChI=1S/C9H11F3OS.C9H12.C8H10/c1-4-8(13-9(10,11)12)6-5-7(2)14-3;1-3-9-6-4-8(2)5-7-9;1-7-3-5-8(2)6-4-7/h4-6H,2H2,1,3H3;4-7H,3H2,1-2H3;3-6H,1-2H3/b6-5-,8-4+;;. The molecule has 170 valence electrons. The highest BCUT2D eigenvalue weighted by Gasteiger charge is 2.31. The molecular formula is C26H33F3OS. The zero-order valence-corrected chi connectivity index (χ0v) is 20.0. The first-order valence-electron chi connectivity index (χ1n) is 9.92. The van der Waals surface area contributed by atoms with E-state index in [0.717, 1.165) is 6.42 Å². The predicted molar refractivity (Wildman–Crippen MR) is 129 cm³/mol. The van der Waals surface area contributed by atoms with Gasteiger partial charge in [-0.2, -0.15) is 0 Å². The number of aryl methyl sites for hydroxylation is 4. The van der Waals surface area contributed by atoms with Gasteiger partial charge in [0.15, 0.2) is 0 Å². The molecule has 1 nitrogen and oxygen atoms in total. The van der Waals surface area contributed by atoms with Crippen LogP contribution in [0.3, 0.4) is 0 Å². The van der Waals surface area contributed by atoms with E-state index in [9.17, 15) is 13.2 Å². The number of ether oxygens (including phenoxy) is 1. The van der Waals surface area contributed by atoms with Crippen LogP contribution >= 0.6 is 11.8 Å². The highest BCUT2D eigenvalue weighted by molar-refractivity contribution is 8.02. The molecule has 0 atom stereocenters. The Balaban J connectivity index is 0.000000456. The molecule has 0 fully saturated rings. The normalized spacial score (nSPS) is 11.2. The summed E-state index contributed by atoms with van der Waals surface area (Å²) in [5.74, 6) is -0.243. The summed E-state index contributed by atoms with van der Waals surface area (Å²) in [6, 6.07) is 17.1. The molecule has 0 aliphatic rings. The van der Waals surface area contributed by atoms with E-state index < -0.39 is 6.36 Å². The van der Waals surface area contributed by atoms with Gasteiger partial charge in [-0.1, -0.05) is 78.7 Å². The van der Waals surface area contributed by atoms with E-state index in [-0.39, 0.29) is 5.76 Å². The van der Waals surface area contributed by atoms with E-state index in [1.807, 2.05) is 0 Å². The van der Waals surface area contributed by atoms with Crippen LogP contribution in [-0.2, 0) is 11.2 Å². The van der Waals surface area contributed by atoms with E-state index in [0.29, 0.717) is 4.91 Å². The van der Waals surface area contributed by atoms with Gasteiger partial charge in [0.1, 0.15) is 5.76 Å². The molecule has 0 saturated carbocycles. The summed E-state index contributed by atoms with van der Waals surface area (Å²) in [7, 11) is 0. The first-order chi connectivity index (χ1) is 14.5. The molecule has 2 aromatic rings. The van der Waals surface area contributed by atoms with Crippen LogP contribution < -0.4 is 0 Å². The van der Waals surface area contributed by atoms with E-state index in [1.165, 1.54) is 59.2 Å². The Hall–Kier alpha value is -2.40. The summed E-state index contributed by atoms with van der Waals surface area (Å²) in [5.41, 5.74) is 5.42. The Morgan fingerprint density at radius 3 is 1.65 bits per heavy atom. The number of benzene rings is 2. The average molecular weight is 451 g/mol. The van der Waals surface area contributed by atoms with Gasteiger partial charge < -0.3 is 4.74 Å². The maximum absolute atomic E-state index is 11.8. The Labute approximate surface area is 189 Å². The first kappa shape index (κ1) is 28.6. The van der Waals surface area contributed by atoms with Crippen molar-refractivity contribution in [3.63, 3.8) is 0 Å². The highest BCUT2D eigenvalue weighted by atomic mass is 32.2. The summed E-state index contributed by atoms with van der Waals surface area (Å²) < 4.78 is 39.0. The topological polar surface area (TPSA) is 9.23 Å². The fraction of sp³-hybridized carbons (Fsp3) is 0.308. The largest absolute Gasteiger partial charge is 0.573 e. The molecule has 0 unspecified atom stereocenters. The van der Waals surface area contributed by atoms with Gasteiger partial charge in [0.25, 0.3) is 0 Å². The van der Waals surface area contributed by atoms with Crippen LogP contribution in [0.1, 0.15) is 36.1 Å². The smallest absolute Gasteiger partial charge is 0.406 e. The van der Waals surface area contributed by atoms with Gasteiger partial charge in [0, 0.05) is 0 Å². The van der Waals surface area contributed by atoms with Gasteiger partial charge >= 0.3 is 6.36 Å². The fourth-order valence-electron chi connectivity index (χ4n) is 2.03. The van der Waals surface area contributed by atoms with E-state index >= 15 is 0 Å². The van der Waals surface area contributed by atoms with Gasteiger partial charge in [0.2, 0.25) is 0 Å². The molecule has 2 aromatic carbocycles. The van der Waals surface area contributed by atoms with E-state index in [4.69, 9.17) is 0 Å². The molecule has 0 radical (unpaired) electrons. The Kier molecular flexibility index (Phi) is 14.2. The van der Waals surface area contributed by atoms with Gasteiger partial charge in [-0.3, -0.25) is 0 Å². The molecule has 0 N–H and O–H groups in total. The van der Waals surface area contributed by atoms with Crippen LogP contribution in [-0.4, -0.2) is 12.6 Å². The average Bonchev–Trinajstić information content (AvgIpc) is 2.73. The third-order valence-electron chi connectivity index (χ3n) is 3.96. The predicted octanol–water partition coefficient (Wildman–Crippen LogP) is 8.72. The summed E-state index contributed by atoms with van der Waals surface area (Å²) in [6.45, 7) is 13.5. The van der Waals surface area contributed by atoms with Crippen molar-refractivity contribution in [1.29, 1.82) is 0 Å².